The van der Waals surface area contributed by atoms with Crippen LogP contribution < -0.4 is 34.7 Å². The Labute approximate surface area is 146 Å². The van der Waals surface area contributed by atoms with Gasteiger partial charge in [-0.25, -0.2) is 0 Å². The number of carboxylic acid groups (broad SMARTS) is 1. The van der Waals surface area contributed by atoms with Crippen LogP contribution >= 0.6 is 0 Å². The van der Waals surface area contributed by atoms with E-state index in [2.05, 4.69) is 6.92 Å². The zero-order valence-corrected chi connectivity index (χ0v) is 15.4. The first-order chi connectivity index (χ1) is 9.19. The second-order valence-corrected chi connectivity index (χ2v) is 6.93. The van der Waals surface area contributed by atoms with Gasteiger partial charge in [0.2, 0.25) is 0 Å². The second-order valence-electron chi connectivity index (χ2n) is 6.93. The van der Waals surface area contributed by atoms with E-state index in [1.165, 1.54) is 57.8 Å². The molecule has 2 aliphatic carbocycles. The minimum atomic E-state index is -0.871. The van der Waals surface area contributed by atoms with E-state index in [0.29, 0.717) is 5.92 Å². The van der Waals surface area contributed by atoms with Crippen LogP contribution in [0.15, 0.2) is 0 Å². The normalized spacial score (nSPS) is 33.0. The van der Waals surface area contributed by atoms with Crippen LogP contribution in [-0.2, 0) is 4.79 Å². The Hall–Kier alpha value is 0.470. The Morgan fingerprint density at radius 1 is 1.00 bits per heavy atom. The van der Waals surface area contributed by atoms with Crippen molar-refractivity contribution in [3.05, 3.63) is 0 Å². The average molecular weight is 288 g/mol. The Morgan fingerprint density at radius 2 is 1.55 bits per heavy atom. The van der Waals surface area contributed by atoms with Crippen LogP contribution in [0.5, 0.6) is 0 Å². The molecule has 20 heavy (non-hydrogen) atoms. The Morgan fingerprint density at radius 3 is 2.05 bits per heavy atom. The molecule has 0 spiro atoms. The molecule has 3 heteroatoms. The molecule has 2 rings (SSSR count). The number of carbonyl (C=O) groups is 1. The van der Waals surface area contributed by atoms with E-state index in [9.17, 15) is 9.90 Å². The average Bonchev–Trinajstić information content (AvgIpc) is 3.02. The van der Waals surface area contributed by atoms with Crippen LogP contribution in [0, 0.1) is 23.7 Å². The van der Waals surface area contributed by atoms with Gasteiger partial charge in [0, 0.05) is 5.97 Å². The van der Waals surface area contributed by atoms with Crippen LogP contribution in [0.4, 0.5) is 0 Å². The molecule has 0 aliphatic heterocycles. The summed E-state index contributed by atoms with van der Waals surface area (Å²) in [7, 11) is 0. The summed E-state index contributed by atoms with van der Waals surface area (Å²) in [5, 5.41) is 10.5. The maximum Gasteiger partial charge on any atom is 1.00 e. The Kier molecular flexibility index (Phi) is 8.78. The number of aliphatic carboxylic acids is 1. The molecule has 0 N–H and O–H groups in total. The minimum absolute atomic E-state index is 0. The summed E-state index contributed by atoms with van der Waals surface area (Å²) < 4.78 is 0. The van der Waals surface area contributed by atoms with Gasteiger partial charge in [-0.2, -0.15) is 0 Å². The van der Waals surface area contributed by atoms with Gasteiger partial charge in [-0.1, -0.05) is 39.0 Å². The number of carboxylic acids is 1. The van der Waals surface area contributed by atoms with Crippen LogP contribution in [0.1, 0.15) is 77.6 Å². The molecular weight excluding hydrogens is 259 g/mol. The van der Waals surface area contributed by atoms with Gasteiger partial charge >= 0.3 is 29.6 Å². The number of unbranched alkanes of at least 4 members (excludes halogenated alkanes) is 1. The molecule has 0 saturated heterocycles. The summed E-state index contributed by atoms with van der Waals surface area (Å²) in [6.07, 6.45) is 13.5. The van der Waals surface area contributed by atoms with Gasteiger partial charge in [-0.05, 0) is 62.2 Å². The molecule has 0 aromatic rings. The van der Waals surface area contributed by atoms with Crippen molar-refractivity contribution in [2.75, 3.05) is 0 Å². The van der Waals surface area contributed by atoms with E-state index < -0.39 is 5.97 Å². The van der Waals surface area contributed by atoms with Crippen LogP contribution in [0.3, 0.4) is 0 Å². The van der Waals surface area contributed by atoms with Gasteiger partial charge in [0.25, 0.3) is 0 Å². The maximum absolute atomic E-state index is 10.5. The summed E-state index contributed by atoms with van der Waals surface area (Å²) in [6.45, 7) is 2.28. The number of hydrogen-bond acceptors (Lipinski definition) is 2. The van der Waals surface area contributed by atoms with E-state index in [1.54, 1.807) is 0 Å². The third-order valence-corrected chi connectivity index (χ3v) is 5.55. The number of carbonyl (C=O) groups excluding carboxylic acids is 1. The molecule has 0 bridgehead atoms. The first-order valence-corrected chi connectivity index (χ1v) is 8.38. The van der Waals surface area contributed by atoms with E-state index in [-0.39, 0.29) is 36.0 Å². The molecule has 110 valence electrons. The van der Waals surface area contributed by atoms with E-state index >= 15 is 0 Å². The maximum atomic E-state index is 10.5. The quantitative estimate of drug-likeness (QED) is 0.642. The predicted molar refractivity (Wildman–Crippen MR) is 75.4 cm³/mol. The van der Waals surface area contributed by atoms with Gasteiger partial charge in [0.05, 0.1) is 0 Å². The molecule has 0 aromatic heterocycles. The smallest absolute Gasteiger partial charge is 0.550 e. The standard InChI is InChI=1S/C17H30O2.Na/c1-2-3-4-13-5-8-15(11-13)16-9-6-14(12-16)7-10-17(18)19;/h13-16H,2-12H2,1H3,(H,18,19);/q;+1/p-1. The SMILES string of the molecule is CCCCC1CCC(C2CCC(CCC(=O)[O-])C2)C1.[Na+]. The molecule has 4 atom stereocenters. The molecule has 4 unspecified atom stereocenters. The van der Waals surface area contributed by atoms with Crippen molar-refractivity contribution in [3.63, 3.8) is 0 Å². The van der Waals surface area contributed by atoms with Gasteiger partial charge in [0.1, 0.15) is 0 Å². The van der Waals surface area contributed by atoms with Crippen molar-refractivity contribution in [1.82, 2.24) is 0 Å². The molecule has 2 nitrogen and oxygen atoms in total. The summed E-state index contributed by atoms with van der Waals surface area (Å²) in [5.74, 6) is 2.64. The van der Waals surface area contributed by atoms with Crippen molar-refractivity contribution < 1.29 is 39.5 Å². The summed E-state index contributed by atoms with van der Waals surface area (Å²) in [4.78, 5) is 10.5. The molecule has 2 saturated carbocycles. The van der Waals surface area contributed by atoms with Crippen LogP contribution in [-0.4, -0.2) is 5.97 Å². The number of rotatable bonds is 7. The monoisotopic (exact) mass is 288 g/mol. The third kappa shape index (κ3) is 5.69. The van der Waals surface area contributed by atoms with Gasteiger partial charge in [0.15, 0.2) is 0 Å². The number of hydrogen-bond donors (Lipinski definition) is 0. The second kappa shape index (κ2) is 9.48. The molecule has 2 aliphatic rings. The van der Waals surface area contributed by atoms with Crippen molar-refractivity contribution in [2.24, 2.45) is 23.7 Å². The predicted octanol–water partition coefficient (Wildman–Crippen LogP) is 0.543. The van der Waals surface area contributed by atoms with Gasteiger partial charge in [-0.15, -0.1) is 0 Å². The Bertz CT molecular complexity index is 293. The zero-order chi connectivity index (χ0) is 13.7. The summed E-state index contributed by atoms with van der Waals surface area (Å²) in [6, 6.07) is 0. The first kappa shape index (κ1) is 18.5. The molecular formula is C17H29NaO2. The summed E-state index contributed by atoms with van der Waals surface area (Å²) >= 11 is 0. The largest absolute Gasteiger partial charge is 1.00 e. The molecule has 0 amide bonds. The van der Waals surface area contributed by atoms with E-state index in [1.807, 2.05) is 0 Å². The van der Waals surface area contributed by atoms with Crippen molar-refractivity contribution in [1.29, 1.82) is 0 Å². The molecule has 0 heterocycles. The van der Waals surface area contributed by atoms with Crippen molar-refractivity contribution in [2.45, 2.75) is 77.6 Å². The molecule has 0 aromatic carbocycles. The van der Waals surface area contributed by atoms with E-state index in [0.717, 1.165) is 24.2 Å². The molecule has 0 radical (unpaired) electrons. The van der Waals surface area contributed by atoms with E-state index in [4.69, 9.17) is 0 Å². The third-order valence-electron chi connectivity index (χ3n) is 5.55. The summed E-state index contributed by atoms with van der Waals surface area (Å²) in [5.41, 5.74) is 0. The van der Waals surface area contributed by atoms with Gasteiger partial charge < -0.3 is 9.90 Å². The topological polar surface area (TPSA) is 40.1 Å². The van der Waals surface area contributed by atoms with Crippen molar-refractivity contribution in [3.8, 4) is 0 Å². The fourth-order valence-electron chi connectivity index (χ4n) is 4.42. The first-order valence-electron chi connectivity index (χ1n) is 8.38. The van der Waals surface area contributed by atoms with Crippen LogP contribution in [0.2, 0.25) is 0 Å². The molecule has 2 fully saturated rings. The minimum Gasteiger partial charge on any atom is -0.550 e. The van der Waals surface area contributed by atoms with Crippen LogP contribution in [0.25, 0.3) is 0 Å². The van der Waals surface area contributed by atoms with Gasteiger partial charge in [-0.3, -0.25) is 0 Å². The fourth-order valence-corrected chi connectivity index (χ4v) is 4.42. The van der Waals surface area contributed by atoms with Crippen molar-refractivity contribution >= 4 is 5.97 Å². The fraction of sp³-hybridized carbons (Fsp3) is 0.941. The zero-order valence-electron chi connectivity index (χ0n) is 13.4. The Balaban J connectivity index is 0.00000200.